The normalized spacial score (nSPS) is 15.6. The Morgan fingerprint density at radius 1 is 1.06 bits per heavy atom. The van der Waals surface area contributed by atoms with Gasteiger partial charge in [-0.15, -0.1) is 0 Å². The van der Waals surface area contributed by atoms with Crippen molar-refractivity contribution in [1.29, 1.82) is 0 Å². The number of H-pyrrole nitrogens is 1. The van der Waals surface area contributed by atoms with E-state index in [2.05, 4.69) is 10.2 Å². The van der Waals surface area contributed by atoms with E-state index in [0.717, 1.165) is 22.5 Å². The number of carbonyl (C=O) groups is 3. The molecule has 0 spiro atoms. The molecule has 0 atom stereocenters. The molecule has 33 heavy (non-hydrogen) atoms. The molecule has 3 aromatic rings. The lowest BCUT2D eigenvalue weighted by molar-refractivity contribution is 0.0507. The van der Waals surface area contributed by atoms with Crippen molar-refractivity contribution in [2.45, 2.75) is 39.3 Å². The summed E-state index contributed by atoms with van der Waals surface area (Å²) in [6.07, 6.45) is 0.648. The number of rotatable bonds is 2. The zero-order valence-corrected chi connectivity index (χ0v) is 19.4. The third kappa shape index (κ3) is 3.53. The highest BCUT2D eigenvalue weighted by molar-refractivity contribution is 6.30. The monoisotopic (exact) mass is 462 g/mol. The van der Waals surface area contributed by atoms with Crippen LogP contribution in [0.15, 0.2) is 42.5 Å². The van der Waals surface area contributed by atoms with E-state index < -0.39 is 5.54 Å². The molecule has 1 N–H and O–H groups in total. The fourth-order valence-corrected chi connectivity index (χ4v) is 4.70. The zero-order chi connectivity index (χ0) is 23.5. The lowest BCUT2D eigenvalue weighted by Gasteiger charge is -2.29. The number of aromatic nitrogens is 2. The average molecular weight is 463 g/mol. The highest BCUT2D eigenvalue weighted by Crippen LogP contribution is 2.32. The number of nitrogens with zero attached hydrogens (tertiary/aromatic N) is 3. The summed E-state index contributed by atoms with van der Waals surface area (Å²) in [6.45, 7) is 6.36. The number of hydrogen-bond acceptors (Lipinski definition) is 4. The van der Waals surface area contributed by atoms with Gasteiger partial charge in [0.15, 0.2) is 0 Å². The standard InChI is InChI=1S/C25H23ClN4O3/c1-25(2,3)30-23(32)17-8-7-15(12-18(17)24(30)33)22(31)29-10-9-20-19(13-29)21(28-27-20)14-5-4-6-16(26)11-14/h4-8,11-12H,9-10,13H2,1-3H3,(H,27,28). The number of carbonyl (C=O) groups excluding carboxylic acids is 3. The minimum atomic E-state index is -0.640. The number of nitrogens with one attached hydrogen (secondary N) is 1. The molecule has 2 aromatic carbocycles. The van der Waals surface area contributed by atoms with Crippen molar-refractivity contribution in [2.75, 3.05) is 6.54 Å². The molecular formula is C25H23ClN4O3. The van der Waals surface area contributed by atoms with E-state index in [4.69, 9.17) is 11.6 Å². The van der Waals surface area contributed by atoms with Gasteiger partial charge >= 0.3 is 0 Å². The molecule has 1 aromatic heterocycles. The van der Waals surface area contributed by atoms with E-state index in [1.807, 2.05) is 39.0 Å². The van der Waals surface area contributed by atoms with E-state index in [-0.39, 0.29) is 23.3 Å². The third-order valence-corrected chi connectivity index (χ3v) is 6.36. The van der Waals surface area contributed by atoms with Crippen LogP contribution in [0.25, 0.3) is 11.3 Å². The number of hydrogen-bond donors (Lipinski definition) is 1. The Hall–Kier alpha value is -3.45. The van der Waals surface area contributed by atoms with Crippen LogP contribution in [0.1, 0.15) is 63.1 Å². The van der Waals surface area contributed by atoms with Gasteiger partial charge in [0.1, 0.15) is 0 Å². The van der Waals surface area contributed by atoms with Gasteiger partial charge in [0.2, 0.25) is 0 Å². The highest BCUT2D eigenvalue weighted by atomic mass is 35.5. The van der Waals surface area contributed by atoms with Gasteiger partial charge in [-0.25, -0.2) is 0 Å². The molecule has 0 aliphatic carbocycles. The van der Waals surface area contributed by atoms with Gasteiger partial charge in [0, 0.05) is 52.5 Å². The maximum Gasteiger partial charge on any atom is 0.262 e. The number of fused-ring (bicyclic) bond motifs is 2. The second-order valence-corrected chi connectivity index (χ2v) is 9.83. The van der Waals surface area contributed by atoms with E-state index >= 15 is 0 Å². The second-order valence-electron chi connectivity index (χ2n) is 9.39. The quantitative estimate of drug-likeness (QED) is 0.574. The smallest absolute Gasteiger partial charge is 0.262 e. The summed E-state index contributed by atoms with van der Waals surface area (Å²) in [5.41, 5.74) is 4.00. The largest absolute Gasteiger partial charge is 0.334 e. The summed E-state index contributed by atoms with van der Waals surface area (Å²) >= 11 is 6.15. The second kappa shape index (κ2) is 7.56. The van der Waals surface area contributed by atoms with E-state index in [0.29, 0.717) is 35.7 Å². The van der Waals surface area contributed by atoms with Gasteiger partial charge in [-0.05, 0) is 51.1 Å². The van der Waals surface area contributed by atoms with Crippen LogP contribution in [0.3, 0.4) is 0 Å². The maximum absolute atomic E-state index is 13.4. The Kier molecular flexibility index (Phi) is 4.90. The van der Waals surface area contributed by atoms with Gasteiger partial charge in [0.25, 0.3) is 17.7 Å². The summed E-state index contributed by atoms with van der Waals surface area (Å²) < 4.78 is 0. The van der Waals surface area contributed by atoms with Crippen LogP contribution in [-0.4, -0.2) is 49.8 Å². The minimum absolute atomic E-state index is 0.184. The van der Waals surface area contributed by atoms with Gasteiger partial charge in [-0.1, -0.05) is 23.7 Å². The Labute approximate surface area is 196 Å². The molecule has 0 saturated carbocycles. The molecule has 5 rings (SSSR count). The Bertz CT molecular complexity index is 1320. The SMILES string of the molecule is CC(C)(C)N1C(=O)c2ccc(C(=O)N3CCc4[nH]nc(-c5cccc(Cl)c5)c4C3)cc2C1=O. The summed E-state index contributed by atoms with van der Waals surface area (Å²) in [5.74, 6) is -0.874. The molecular weight excluding hydrogens is 440 g/mol. The highest BCUT2D eigenvalue weighted by Gasteiger charge is 2.42. The summed E-state index contributed by atoms with van der Waals surface area (Å²) in [4.78, 5) is 42.0. The molecule has 0 radical (unpaired) electrons. The number of aromatic amines is 1. The first-order valence-corrected chi connectivity index (χ1v) is 11.2. The van der Waals surface area contributed by atoms with Crippen molar-refractivity contribution in [3.63, 3.8) is 0 Å². The van der Waals surface area contributed by atoms with Crippen LogP contribution in [0.5, 0.6) is 0 Å². The third-order valence-electron chi connectivity index (χ3n) is 6.12. The van der Waals surface area contributed by atoms with Gasteiger partial charge < -0.3 is 4.90 Å². The fourth-order valence-electron chi connectivity index (χ4n) is 4.51. The van der Waals surface area contributed by atoms with Crippen molar-refractivity contribution >= 4 is 29.3 Å². The average Bonchev–Trinajstić information content (AvgIpc) is 3.31. The van der Waals surface area contributed by atoms with Crippen LogP contribution in [-0.2, 0) is 13.0 Å². The van der Waals surface area contributed by atoms with Crippen LogP contribution in [0, 0.1) is 0 Å². The zero-order valence-electron chi connectivity index (χ0n) is 18.6. The molecule has 168 valence electrons. The molecule has 3 amide bonds. The molecule has 0 bridgehead atoms. The molecule has 0 unspecified atom stereocenters. The van der Waals surface area contributed by atoms with Crippen LogP contribution < -0.4 is 0 Å². The van der Waals surface area contributed by atoms with Crippen molar-refractivity contribution in [2.24, 2.45) is 0 Å². The maximum atomic E-state index is 13.4. The van der Waals surface area contributed by atoms with Crippen molar-refractivity contribution in [1.82, 2.24) is 20.0 Å². The Morgan fingerprint density at radius 3 is 2.55 bits per heavy atom. The van der Waals surface area contributed by atoms with Crippen LogP contribution in [0.2, 0.25) is 5.02 Å². The predicted octanol–water partition coefficient (Wildman–Crippen LogP) is 4.32. The molecule has 7 nitrogen and oxygen atoms in total. The van der Waals surface area contributed by atoms with E-state index in [1.165, 1.54) is 4.90 Å². The minimum Gasteiger partial charge on any atom is -0.334 e. The van der Waals surface area contributed by atoms with Gasteiger partial charge in [-0.3, -0.25) is 24.4 Å². The first-order valence-electron chi connectivity index (χ1n) is 10.8. The first kappa shape index (κ1) is 21.4. The van der Waals surface area contributed by atoms with E-state index in [1.54, 1.807) is 29.2 Å². The Morgan fingerprint density at radius 2 is 1.82 bits per heavy atom. The molecule has 2 aliphatic heterocycles. The predicted molar refractivity (Wildman–Crippen MR) is 124 cm³/mol. The number of amides is 3. The summed E-state index contributed by atoms with van der Waals surface area (Å²) in [7, 11) is 0. The van der Waals surface area contributed by atoms with Gasteiger partial charge in [-0.2, -0.15) is 5.10 Å². The molecule has 2 aliphatic rings. The number of benzene rings is 2. The van der Waals surface area contributed by atoms with Crippen LogP contribution in [0.4, 0.5) is 0 Å². The lowest BCUT2D eigenvalue weighted by atomic mass is 9.99. The molecule has 0 fully saturated rings. The topological polar surface area (TPSA) is 86.4 Å². The molecule has 0 saturated heterocycles. The van der Waals surface area contributed by atoms with Crippen molar-refractivity contribution in [3.05, 3.63) is 75.4 Å². The molecule has 3 heterocycles. The molecule has 8 heteroatoms. The van der Waals surface area contributed by atoms with E-state index in [9.17, 15) is 14.4 Å². The first-order chi connectivity index (χ1) is 15.6. The van der Waals surface area contributed by atoms with Crippen molar-refractivity contribution < 1.29 is 14.4 Å². The van der Waals surface area contributed by atoms with Crippen molar-refractivity contribution in [3.8, 4) is 11.3 Å². The Balaban J connectivity index is 1.43. The summed E-state index contributed by atoms with van der Waals surface area (Å²) in [6, 6.07) is 12.2. The lowest BCUT2D eigenvalue weighted by Crippen LogP contribution is -2.45. The summed E-state index contributed by atoms with van der Waals surface area (Å²) in [5, 5.41) is 8.17. The van der Waals surface area contributed by atoms with Gasteiger partial charge in [0.05, 0.1) is 16.8 Å². The number of imide groups is 1. The number of halogens is 1. The fraction of sp³-hybridized carbons (Fsp3) is 0.280. The van der Waals surface area contributed by atoms with Crippen LogP contribution >= 0.6 is 11.6 Å².